The molecule has 0 amide bonds. The number of benzene rings is 1. The summed E-state index contributed by atoms with van der Waals surface area (Å²) in [6.07, 6.45) is 0.671. The van der Waals surface area contributed by atoms with Gasteiger partial charge in [0.1, 0.15) is 0 Å². The quantitative estimate of drug-likeness (QED) is 0.742. The number of carbonyl (C=O) groups is 2. The van der Waals surface area contributed by atoms with Gasteiger partial charge in [-0.05, 0) is 18.4 Å². The molecule has 1 aromatic carbocycles. The molecule has 0 aliphatic rings. The van der Waals surface area contributed by atoms with Gasteiger partial charge in [0.25, 0.3) is 0 Å². The van der Waals surface area contributed by atoms with Crippen LogP contribution < -0.4 is 0 Å². The van der Waals surface area contributed by atoms with E-state index in [0.29, 0.717) is 6.42 Å². The van der Waals surface area contributed by atoms with Gasteiger partial charge in [-0.1, -0.05) is 43.7 Å². The molecule has 2 N–H and O–H groups in total. The molecule has 0 saturated carbocycles. The molecule has 0 saturated heterocycles. The smallest absolute Gasteiger partial charge is 0.321 e. The Labute approximate surface area is 99.9 Å². The Kier molecular flexibility index (Phi) is 4.26. The van der Waals surface area contributed by atoms with Crippen molar-refractivity contribution < 1.29 is 19.8 Å². The van der Waals surface area contributed by atoms with Crippen molar-refractivity contribution in [2.45, 2.75) is 26.2 Å². The summed E-state index contributed by atoms with van der Waals surface area (Å²) in [6, 6.07) is 8.85. The summed E-state index contributed by atoms with van der Waals surface area (Å²) in [5.41, 5.74) is -0.985. The highest BCUT2D eigenvalue weighted by atomic mass is 16.4. The molecule has 1 aromatic rings. The second-order valence-electron chi connectivity index (χ2n) is 4.10. The van der Waals surface area contributed by atoms with Gasteiger partial charge < -0.3 is 10.2 Å². The van der Waals surface area contributed by atoms with Gasteiger partial charge in [0.2, 0.25) is 0 Å². The molecule has 0 unspecified atom stereocenters. The van der Waals surface area contributed by atoms with Crippen molar-refractivity contribution in [2.24, 2.45) is 5.41 Å². The lowest BCUT2D eigenvalue weighted by Gasteiger charge is -2.24. The first kappa shape index (κ1) is 13.2. The van der Waals surface area contributed by atoms with Crippen LogP contribution in [-0.2, 0) is 16.0 Å². The van der Waals surface area contributed by atoms with E-state index in [1.807, 2.05) is 6.07 Å². The standard InChI is InChI=1S/C13H16O4/c1-2-8-13(11(14)15,12(16)17)9-10-6-4-3-5-7-10/h3-7H,2,8-9H2,1H3,(H,14,15)(H,16,17). The molecule has 0 heterocycles. The highest BCUT2D eigenvalue weighted by molar-refractivity contribution is 5.98. The van der Waals surface area contributed by atoms with Crippen LogP contribution in [0, 0.1) is 5.41 Å². The molecule has 0 spiro atoms. The van der Waals surface area contributed by atoms with Crippen LogP contribution >= 0.6 is 0 Å². The fraction of sp³-hybridized carbons (Fsp3) is 0.385. The van der Waals surface area contributed by atoms with E-state index in [4.69, 9.17) is 0 Å². The lowest BCUT2D eigenvalue weighted by Crippen LogP contribution is -2.41. The van der Waals surface area contributed by atoms with E-state index in [2.05, 4.69) is 0 Å². The number of aliphatic carboxylic acids is 2. The maximum atomic E-state index is 11.3. The first-order chi connectivity index (χ1) is 8.03. The van der Waals surface area contributed by atoms with Crippen LogP contribution in [-0.4, -0.2) is 22.2 Å². The van der Waals surface area contributed by atoms with Gasteiger partial charge in [-0.25, -0.2) is 0 Å². The topological polar surface area (TPSA) is 74.6 Å². The highest BCUT2D eigenvalue weighted by Gasteiger charge is 2.45. The van der Waals surface area contributed by atoms with Gasteiger partial charge in [0.15, 0.2) is 5.41 Å². The summed E-state index contributed by atoms with van der Waals surface area (Å²) < 4.78 is 0. The van der Waals surface area contributed by atoms with Gasteiger partial charge in [-0.3, -0.25) is 9.59 Å². The Morgan fingerprint density at radius 3 is 2.06 bits per heavy atom. The Morgan fingerprint density at radius 1 is 1.12 bits per heavy atom. The lowest BCUT2D eigenvalue weighted by molar-refractivity contribution is -0.165. The third-order valence-electron chi connectivity index (χ3n) is 2.84. The number of hydrogen-bond acceptors (Lipinski definition) is 2. The van der Waals surface area contributed by atoms with E-state index >= 15 is 0 Å². The van der Waals surface area contributed by atoms with Crippen LogP contribution in [0.2, 0.25) is 0 Å². The lowest BCUT2D eigenvalue weighted by atomic mass is 9.78. The van der Waals surface area contributed by atoms with Gasteiger partial charge in [-0.2, -0.15) is 0 Å². The van der Waals surface area contributed by atoms with Crippen molar-refractivity contribution in [3.63, 3.8) is 0 Å². The highest BCUT2D eigenvalue weighted by Crippen LogP contribution is 2.29. The summed E-state index contributed by atoms with van der Waals surface area (Å²) in [5, 5.41) is 18.4. The average Bonchev–Trinajstić information content (AvgIpc) is 2.29. The minimum atomic E-state index is -1.71. The zero-order chi connectivity index (χ0) is 12.9. The van der Waals surface area contributed by atoms with Gasteiger partial charge >= 0.3 is 11.9 Å². The molecule has 1 rings (SSSR count). The second kappa shape index (κ2) is 5.48. The molecule has 0 aromatic heterocycles. The van der Waals surface area contributed by atoms with Crippen molar-refractivity contribution in [2.75, 3.05) is 0 Å². The average molecular weight is 236 g/mol. The molecule has 4 nitrogen and oxygen atoms in total. The molecule has 0 atom stereocenters. The van der Waals surface area contributed by atoms with Crippen molar-refractivity contribution in [3.8, 4) is 0 Å². The van der Waals surface area contributed by atoms with Crippen molar-refractivity contribution in [1.82, 2.24) is 0 Å². The molecule has 17 heavy (non-hydrogen) atoms. The zero-order valence-corrected chi connectivity index (χ0v) is 9.72. The maximum Gasteiger partial charge on any atom is 0.321 e. The molecule has 4 heteroatoms. The van der Waals surface area contributed by atoms with E-state index in [-0.39, 0.29) is 12.8 Å². The zero-order valence-electron chi connectivity index (χ0n) is 9.72. The predicted octanol–water partition coefficient (Wildman–Crippen LogP) is 2.18. The van der Waals surface area contributed by atoms with Crippen molar-refractivity contribution in [1.29, 1.82) is 0 Å². The molecule has 0 aliphatic heterocycles. The largest absolute Gasteiger partial charge is 0.480 e. The Hall–Kier alpha value is -1.84. The van der Waals surface area contributed by atoms with Crippen LogP contribution in [0.25, 0.3) is 0 Å². The van der Waals surface area contributed by atoms with E-state index in [1.54, 1.807) is 31.2 Å². The molecule has 0 bridgehead atoms. The monoisotopic (exact) mass is 236 g/mol. The number of carboxylic acid groups (broad SMARTS) is 2. The predicted molar refractivity (Wildman–Crippen MR) is 62.8 cm³/mol. The third-order valence-corrected chi connectivity index (χ3v) is 2.84. The van der Waals surface area contributed by atoms with Crippen LogP contribution in [0.4, 0.5) is 0 Å². The molecular formula is C13H16O4. The Morgan fingerprint density at radius 2 is 1.65 bits per heavy atom. The second-order valence-corrected chi connectivity index (χ2v) is 4.10. The van der Waals surface area contributed by atoms with Gasteiger partial charge in [0.05, 0.1) is 0 Å². The Balaban J connectivity index is 3.06. The molecule has 0 fully saturated rings. The minimum Gasteiger partial charge on any atom is -0.480 e. The fourth-order valence-corrected chi connectivity index (χ4v) is 1.92. The molecule has 92 valence electrons. The first-order valence-electron chi connectivity index (χ1n) is 5.53. The summed E-state index contributed by atoms with van der Waals surface area (Å²) in [7, 11) is 0. The fourth-order valence-electron chi connectivity index (χ4n) is 1.92. The molecular weight excluding hydrogens is 220 g/mol. The van der Waals surface area contributed by atoms with Crippen molar-refractivity contribution in [3.05, 3.63) is 35.9 Å². The first-order valence-corrected chi connectivity index (χ1v) is 5.53. The third kappa shape index (κ3) is 2.84. The van der Waals surface area contributed by atoms with Crippen molar-refractivity contribution >= 4 is 11.9 Å². The van der Waals surface area contributed by atoms with E-state index in [1.165, 1.54) is 0 Å². The molecule has 0 aliphatic carbocycles. The number of hydrogen-bond donors (Lipinski definition) is 2. The number of carboxylic acids is 2. The van der Waals surface area contributed by atoms with Crippen LogP contribution in [0.1, 0.15) is 25.3 Å². The summed E-state index contributed by atoms with van der Waals surface area (Å²) in [5.74, 6) is -2.54. The van der Waals surface area contributed by atoms with Gasteiger partial charge in [0, 0.05) is 0 Å². The minimum absolute atomic E-state index is 0.0202. The van der Waals surface area contributed by atoms with E-state index in [0.717, 1.165) is 5.56 Å². The summed E-state index contributed by atoms with van der Waals surface area (Å²) in [4.78, 5) is 22.6. The van der Waals surface area contributed by atoms with E-state index < -0.39 is 17.4 Å². The summed E-state index contributed by atoms with van der Waals surface area (Å²) in [6.45, 7) is 1.78. The maximum absolute atomic E-state index is 11.3. The van der Waals surface area contributed by atoms with Crippen LogP contribution in [0.15, 0.2) is 30.3 Å². The number of rotatable bonds is 6. The normalized spacial score (nSPS) is 11.1. The van der Waals surface area contributed by atoms with Crippen LogP contribution in [0.5, 0.6) is 0 Å². The van der Waals surface area contributed by atoms with Gasteiger partial charge in [-0.15, -0.1) is 0 Å². The Bertz CT molecular complexity index is 383. The SMILES string of the molecule is CCCC(Cc1ccccc1)(C(=O)O)C(=O)O. The van der Waals surface area contributed by atoms with Crippen LogP contribution in [0.3, 0.4) is 0 Å². The van der Waals surface area contributed by atoms with E-state index in [9.17, 15) is 19.8 Å². The summed E-state index contributed by atoms with van der Waals surface area (Å²) >= 11 is 0. The molecule has 0 radical (unpaired) electrons.